The van der Waals surface area contributed by atoms with Gasteiger partial charge in [-0.2, -0.15) is 26.3 Å². The Labute approximate surface area is 235 Å². The Hall–Kier alpha value is -2.93. The molecule has 2 fully saturated rings. The van der Waals surface area contributed by atoms with Crippen molar-refractivity contribution in [2.75, 3.05) is 69.3 Å². The van der Waals surface area contributed by atoms with Gasteiger partial charge in [0.1, 0.15) is 17.4 Å². The Morgan fingerprint density at radius 2 is 1.59 bits per heavy atom. The average Bonchev–Trinajstić information content (AvgIpc) is 2.95. The van der Waals surface area contributed by atoms with Crippen molar-refractivity contribution in [2.45, 2.75) is 44.5 Å². The van der Waals surface area contributed by atoms with E-state index >= 15 is 0 Å². The lowest BCUT2D eigenvalue weighted by Gasteiger charge is -2.36. The number of ether oxygens (including phenoxy) is 1. The summed E-state index contributed by atoms with van der Waals surface area (Å²) in [6, 6.07) is 6.48. The number of ketones is 1. The van der Waals surface area contributed by atoms with Gasteiger partial charge in [0.25, 0.3) is 0 Å². The molecule has 2 saturated heterocycles. The van der Waals surface area contributed by atoms with Gasteiger partial charge < -0.3 is 14.5 Å². The normalized spacial score (nSPS) is 19.0. The number of aryl methyl sites for hydroxylation is 1. The minimum absolute atomic E-state index is 0.000818. The highest BCUT2D eigenvalue weighted by Crippen LogP contribution is 2.33. The smallest absolute Gasteiger partial charge is 0.383 e. The summed E-state index contributed by atoms with van der Waals surface area (Å²) in [6.07, 6.45) is -6.66. The molecule has 0 spiro atoms. The zero-order chi connectivity index (χ0) is 29.6. The van der Waals surface area contributed by atoms with Crippen LogP contribution in [0, 0.1) is 5.92 Å². The summed E-state index contributed by atoms with van der Waals surface area (Å²) in [6.45, 7) is 4.48. The van der Waals surface area contributed by atoms with E-state index in [9.17, 15) is 31.1 Å². The number of methoxy groups -OCH3 is 1. The molecule has 1 aromatic heterocycles. The number of benzene rings is 1. The first-order valence-corrected chi connectivity index (χ1v) is 13.8. The summed E-state index contributed by atoms with van der Waals surface area (Å²) < 4.78 is 84.7. The quantitative estimate of drug-likeness (QED) is 0.359. The topological polar surface area (TPSA) is 61.8 Å². The van der Waals surface area contributed by atoms with Gasteiger partial charge in [-0.25, -0.2) is 9.97 Å². The van der Waals surface area contributed by atoms with Gasteiger partial charge in [0.2, 0.25) is 5.82 Å². The molecule has 4 rings (SSSR count). The number of rotatable bonds is 10. The SMILES string of the molecule is COCCN1CCN(c2cc(N3CCC[C@@H](C(=O)CCCc4ccc(C(F)(F)F)cc4)C3)nc(C(F)(F)F)n2)CC1. The highest BCUT2D eigenvalue weighted by molar-refractivity contribution is 5.81. The number of piperazine rings is 1. The van der Waals surface area contributed by atoms with Gasteiger partial charge in [-0.1, -0.05) is 12.1 Å². The first kappa shape index (κ1) is 31.0. The first-order chi connectivity index (χ1) is 19.4. The van der Waals surface area contributed by atoms with Crippen LogP contribution < -0.4 is 9.80 Å². The number of carbonyl (C=O) groups excluding carboxylic acids is 1. The molecule has 0 radical (unpaired) electrons. The van der Waals surface area contributed by atoms with Gasteiger partial charge in [-0.3, -0.25) is 9.69 Å². The largest absolute Gasteiger partial charge is 0.451 e. The molecule has 0 N–H and O–H groups in total. The van der Waals surface area contributed by atoms with Crippen LogP contribution in [0.1, 0.15) is 42.6 Å². The Morgan fingerprint density at radius 1 is 0.927 bits per heavy atom. The predicted molar refractivity (Wildman–Crippen MR) is 142 cm³/mol. The fourth-order valence-corrected chi connectivity index (χ4v) is 5.27. The molecular formula is C28H35F6N5O2. The van der Waals surface area contributed by atoms with Crippen molar-refractivity contribution in [2.24, 2.45) is 5.92 Å². The van der Waals surface area contributed by atoms with Crippen LogP contribution >= 0.6 is 0 Å². The number of carbonyl (C=O) groups is 1. The van der Waals surface area contributed by atoms with Gasteiger partial charge in [-0.05, 0) is 43.4 Å². The number of hydrogen-bond acceptors (Lipinski definition) is 7. The van der Waals surface area contributed by atoms with Crippen molar-refractivity contribution in [1.82, 2.24) is 14.9 Å². The summed E-state index contributed by atoms with van der Waals surface area (Å²) in [4.78, 5) is 26.4. The van der Waals surface area contributed by atoms with Gasteiger partial charge in [0.05, 0.1) is 12.2 Å². The Balaban J connectivity index is 1.38. The molecule has 13 heteroatoms. The third-order valence-corrected chi connectivity index (χ3v) is 7.63. The van der Waals surface area contributed by atoms with Crippen LogP contribution in [0.5, 0.6) is 0 Å². The minimum Gasteiger partial charge on any atom is -0.383 e. The zero-order valence-electron chi connectivity index (χ0n) is 23.0. The maximum atomic E-state index is 13.8. The van der Waals surface area contributed by atoms with Crippen LogP contribution in [0.4, 0.5) is 38.0 Å². The van der Waals surface area contributed by atoms with E-state index < -0.39 is 23.7 Å². The van der Waals surface area contributed by atoms with E-state index in [1.165, 1.54) is 12.1 Å². The molecule has 226 valence electrons. The van der Waals surface area contributed by atoms with Gasteiger partial charge in [0.15, 0.2) is 0 Å². The van der Waals surface area contributed by atoms with Crippen molar-refractivity contribution < 1.29 is 35.9 Å². The number of halogens is 6. The van der Waals surface area contributed by atoms with Gasteiger partial charge in [-0.15, -0.1) is 0 Å². The Bertz CT molecular complexity index is 1150. The van der Waals surface area contributed by atoms with Crippen LogP contribution in [0.2, 0.25) is 0 Å². The molecule has 2 aliphatic rings. The number of hydrogen-bond donors (Lipinski definition) is 0. The molecule has 0 bridgehead atoms. The third-order valence-electron chi connectivity index (χ3n) is 7.63. The summed E-state index contributed by atoms with van der Waals surface area (Å²) in [7, 11) is 1.62. The second-order valence-electron chi connectivity index (χ2n) is 10.5. The summed E-state index contributed by atoms with van der Waals surface area (Å²) in [5.74, 6) is -1.17. The predicted octanol–water partition coefficient (Wildman–Crippen LogP) is 5.09. The molecule has 0 unspecified atom stereocenters. The first-order valence-electron chi connectivity index (χ1n) is 13.8. The van der Waals surface area contributed by atoms with Crippen LogP contribution in [0.15, 0.2) is 30.3 Å². The number of nitrogens with zero attached hydrogens (tertiary/aromatic N) is 5. The van der Waals surface area contributed by atoms with Crippen LogP contribution in [-0.4, -0.2) is 80.2 Å². The standard InChI is InChI=1S/C28H35F6N5O2/c1-41-17-16-37-12-14-38(15-13-37)24-18-25(36-26(35-24)28(32,33)34)39-11-3-5-21(19-39)23(40)6-2-4-20-7-9-22(10-8-20)27(29,30)31/h7-10,18,21H,2-6,11-17,19H2,1H3/t21-/m1/s1. The van der Waals surface area contributed by atoms with Crippen LogP contribution in [-0.2, 0) is 28.3 Å². The van der Waals surface area contributed by atoms with Crippen molar-refractivity contribution in [3.8, 4) is 0 Å². The third kappa shape index (κ3) is 8.54. The molecule has 1 aromatic carbocycles. The monoisotopic (exact) mass is 587 g/mol. The van der Waals surface area contributed by atoms with E-state index in [1.54, 1.807) is 18.1 Å². The lowest BCUT2D eigenvalue weighted by Crippen LogP contribution is -2.47. The summed E-state index contributed by atoms with van der Waals surface area (Å²) in [5, 5.41) is 0. The van der Waals surface area contributed by atoms with Crippen LogP contribution in [0.25, 0.3) is 0 Å². The number of Topliss-reactive ketones (excluding diaryl/α,β-unsaturated/α-hetero) is 1. The maximum absolute atomic E-state index is 13.8. The number of alkyl halides is 6. The van der Waals surface area contributed by atoms with Gasteiger partial charge >= 0.3 is 12.4 Å². The van der Waals surface area contributed by atoms with E-state index in [0.717, 1.165) is 18.7 Å². The lowest BCUT2D eigenvalue weighted by molar-refractivity contribution is -0.145. The van der Waals surface area contributed by atoms with E-state index in [4.69, 9.17) is 4.74 Å². The minimum atomic E-state index is -4.71. The van der Waals surface area contributed by atoms with Crippen molar-refractivity contribution in [3.05, 3.63) is 47.3 Å². The van der Waals surface area contributed by atoms with Crippen LogP contribution in [0.3, 0.4) is 0 Å². The molecule has 0 saturated carbocycles. The average molecular weight is 588 g/mol. The van der Waals surface area contributed by atoms with Gasteiger partial charge in [0, 0.05) is 71.3 Å². The number of anilines is 2. The second kappa shape index (κ2) is 13.4. The summed E-state index contributed by atoms with van der Waals surface area (Å²) in [5.41, 5.74) is -0.00526. The second-order valence-corrected chi connectivity index (χ2v) is 10.5. The molecular weight excluding hydrogens is 552 g/mol. The van der Waals surface area contributed by atoms with Crippen molar-refractivity contribution in [1.29, 1.82) is 0 Å². The molecule has 7 nitrogen and oxygen atoms in total. The molecule has 41 heavy (non-hydrogen) atoms. The highest BCUT2D eigenvalue weighted by Gasteiger charge is 2.37. The molecule has 2 aliphatic heterocycles. The molecule has 3 heterocycles. The van der Waals surface area contributed by atoms with E-state index in [0.29, 0.717) is 70.6 Å². The molecule has 1 atom stereocenters. The fraction of sp³-hybridized carbons (Fsp3) is 0.607. The number of piperidine rings is 1. The Kier molecular flexibility index (Phi) is 10.1. The maximum Gasteiger partial charge on any atom is 0.451 e. The van der Waals surface area contributed by atoms with E-state index in [-0.39, 0.29) is 36.3 Å². The van der Waals surface area contributed by atoms with E-state index in [1.807, 2.05) is 4.90 Å². The lowest BCUT2D eigenvalue weighted by atomic mass is 9.90. The van der Waals surface area contributed by atoms with Crippen molar-refractivity contribution in [3.63, 3.8) is 0 Å². The highest BCUT2D eigenvalue weighted by atomic mass is 19.4. The molecule has 2 aromatic rings. The van der Waals surface area contributed by atoms with E-state index in [2.05, 4.69) is 14.9 Å². The summed E-state index contributed by atoms with van der Waals surface area (Å²) >= 11 is 0. The Morgan fingerprint density at radius 3 is 2.20 bits per heavy atom. The fourth-order valence-electron chi connectivity index (χ4n) is 5.27. The molecule has 0 aliphatic carbocycles. The van der Waals surface area contributed by atoms with Crippen molar-refractivity contribution >= 4 is 17.4 Å². The number of aromatic nitrogens is 2. The zero-order valence-corrected chi connectivity index (χ0v) is 23.0. The molecule has 0 amide bonds.